The Morgan fingerprint density at radius 2 is 2.00 bits per heavy atom. The minimum absolute atomic E-state index is 0.141. The van der Waals surface area contributed by atoms with Crippen LogP contribution in [0.25, 0.3) is 0 Å². The third-order valence-electron chi connectivity index (χ3n) is 4.88. The molecule has 0 saturated heterocycles. The Bertz CT molecular complexity index is 692. The lowest BCUT2D eigenvalue weighted by Gasteiger charge is -2.40. The molecule has 0 spiro atoms. The number of aliphatic hydroxyl groups is 1. The maximum Gasteiger partial charge on any atom is 0.189 e. The van der Waals surface area contributed by atoms with Gasteiger partial charge in [-0.15, -0.1) is 0 Å². The largest absolute Gasteiger partial charge is 0.376 e. The van der Waals surface area contributed by atoms with Crippen LogP contribution in [0.3, 0.4) is 0 Å². The van der Waals surface area contributed by atoms with Gasteiger partial charge in [-0.1, -0.05) is 65.8 Å². The van der Waals surface area contributed by atoms with Gasteiger partial charge in [-0.3, -0.25) is 4.79 Å². The van der Waals surface area contributed by atoms with Gasteiger partial charge >= 0.3 is 0 Å². The highest BCUT2D eigenvalue weighted by Gasteiger charge is 2.55. The maximum absolute atomic E-state index is 13.2. The molecule has 4 nitrogen and oxygen atoms in total. The van der Waals surface area contributed by atoms with Gasteiger partial charge in [0.2, 0.25) is 0 Å². The fraction of sp³-hybridized carbons (Fsp3) is 0.444. The van der Waals surface area contributed by atoms with E-state index >= 15 is 0 Å². The zero-order valence-electron chi connectivity index (χ0n) is 13.2. The molecule has 1 aromatic heterocycles. The highest BCUT2D eigenvalue weighted by Crippen LogP contribution is 2.51. The number of Topliss-reactive ketones (excluding diaryl/α,β-unsaturated/α-hetero) is 1. The molecule has 0 bridgehead atoms. The molecule has 1 aliphatic rings. The van der Waals surface area contributed by atoms with Crippen molar-refractivity contribution in [2.45, 2.75) is 48.2 Å². The molecular weight excluding hydrogens is 403 g/mol. The first-order chi connectivity index (χ1) is 11.0. The van der Waals surface area contributed by atoms with Crippen LogP contribution in [0.2, 0.25) is 0 Å². The summed E-state index contributed by atoms with van der Waals surface area (Å²) in [6, 6.07) is 9.38. The molecule has 2 aromatic rings. The molecule has 1 fully saturated rings. The summed E-state index contributed by atoms with van der Waals surface area (Å²) < 4.78 is 1.35. The van der Waals surface area contributed by atoms with Gasteiger partial charge in [0.05, 0.1) is 9.97 Å². The van der Waals surface area contributed by atoms with E-state index in [0.29, 0.717) is 5.56 Å². The summed E-state index contributed by atoms with van der Waals surface area (Å²) in [5.41, 5.74) is -0.777. The second kappa shape index (κ2) is 6.36. The van der Waals surface area contributed by atoms with Crippen molar-refractivity contribution in [1.29, 1.82) is 0 Å². The molecule has 1 unspecified atom stereocenters. The van der Waals surface area contributed by atoms with E-state index in [1.807, 2.05) is 37.3 Å². The fourth-order valence-electron chi connectivity index (χ4n) is 3.49. The number of halogens is 1. The predicted molar refractivity (Wildman–Crippen MR) is 97.5 cm³/mol. The van der Waals surface area contributed by atoms with E-state index < -0.39 is 9.02 Å². The van der Waals surface area contributed by atoms with Gasteiger partial charge in [-0.2, -0.15) is 0 Å². The third-order valence-corrected chi connectivity index (χ3v) is 6.74. The summed E-state index contributed by atoms with van der Waals surface area (Å²) in [4.78, 5) is 17.3. The summed E-state index contributed by atoms with van der Waals surface area (Å²) in [5, 5.41) is 11.6. The standard InChI is InChI=1S/C18H21IN2O2/c1-14-20-11-12-21(14)13-16(22)18(23,15-7-3-2-4-8-15)17(19)9-5-6-10-17/h2-4,7-8,11-12,23H,5-6,9-10,13H2,1H3. The van der Waals surface area contributed by atoms with E-state index in [1.54, 1.807) is 17.0 Å². The lowest BCUT2D eigenvalue weighted by Crippen LogP contribution is -2.52. The third kappa shape index (κ3) is 2.85. The molecule has 23 heavy (non-hydrogen) atoms. The number of nitrogens with zero attached hydrogens (tertiary/aromatic N) is 2. The van der Waals surface area contributed by atoms with Crippen molar-refractivity contribution in [2.24, 2.45) is 0 Å². The quantitative estimate of drug-likeness (QED) is 0.592. The Morgan fingerprint density at radius 1 is 1.35 bits per heavy atom. The molecule has 0 radical (unpaired) electrons. The smallest absolute Gasteiger partial charge is 0.189 e. The molecule has 3 rings (SSSR count). The van der Waals surface area contributed by atoms with Crippen LogP contribution in [-0.4, -0.2) is 23.9 Å². The number of hydrogen-bond acceptors (Lipinski definition) is 3. The topological polar surface area (TPSA) is 55.1 Å². The molecule has 122 valence electrons. The van der Waals surface area contributed by atoms with Gasteiger partial charge in [0.25, 0.3) is 0 Å². The molecule has 1 saturated carbocycles. The van der Waals surface area contributed by atoms with Crippen molar-refractivity contribution in [3.05, 3.63) is 54.1 Å². The van der Waals surface area contributed by atoms with Crippen LogP contribution in [-0.2, 0) is 16.9 Å². The lowest BCUT2D eigenvalue weighted by molar-refractivity contribution is -0.142. The summed E-state index contributed by atoms with van der Waals surface area (Å²) in [7, 11) is 0. The van der Waals surface area contributed by atoms with Gasteiger partial charge in [-0.05, 0) is 25.3 Å². The van der Waals surface area contributed by atoms with Gasteiger partial charge in [0.15, 0.2) is 11.4 Å². The minimum Gasteiger partial charge on any atom is -0.376 e. The first-order valence-electron chi connectivity index (χ1n) is 7.95. The molecule has 0 aliphatic heterocycles. The monoisotopic (exact) mass is 424 g/mol. The number of benzene rings is 1. The Kier molecular flexibility index (Phi) is 4.60. The van der Waals surface area contributed by atoms with Crippen molar-refractivity contribution in [1.82, 2.24) is 9.55 Å². The average molecular weight is 424 g/mol. The summed E-state index contributed by atoms with van der Waals surface area (Å²) in [6.07, 6.45) is 7.28. The molecule has 1 aromatic carbocycles. The van der Waals surface area contributed by atoms with Crippen LogP contribution in [0, 0.1) is 6.92 Å². The highest BCUT2D eigenvalue weighted by atomic mass is 127. The van der Waals surface area contributed by atoms with E-state index in [2.05, 4.69) is 27.6 Å². The number of aryl methyl sites for hydroxylation is 1. The van der Waals surface area contributed by atoms with E-state index in [-0.39, 0.29) is 12.3 Å². The number of carbonyl (C=O) groups is 1. The Hall–Kier alpha value is -1.21. The van der Waals surface area contributed by atoms with Crippen LogP contribution < -0.4 is 0 Å². The van der Waals surface area contributed by atoms with Crippen molar-refractivity contribution < 1.29 is 9.90 Å². The van der Waals surface area contributed by atoms with Gasteiger partial charge in [-0.25, -0.2) is 4.98 Å². The van der Waals surface area contributed by atoms with E-state index in [0.717, 1.165) is 31.5 Å². The van der Waals surface area contributed by atoms with Crippen molar-refractivity contribution in [2.75, 3.05) is 0 Å². The second-order valence-corrected chi connectivity index (χ2v) is 8.34. The predicted octanol–water partition coefficient (Wildman–Crippen LogP) is 3.40. The van der Waals surface area contributed by atoms with Crippen LogP contribution in [0.1, 0.15) is 37.1 Å². The van der Waals surface area contributed by atoms with Crippen LogP contribution >= 0.6 is 22.6 Å². The zero-order valence-corrected chi connectivity index (χ0v) is 15.4. The van der Waals surface area contributed by atoms with Gasteiger partial charge in [0.1, 0.15) is 5.82 Å². The van der Waals surface area contributed by atoms with Crippen molar-refractivity contribution >= 4 is 28.4 Å². The Labute approximate surface area is 150 Å². The number of hydrogen-bond donors (Lipinski definition) is 1. The minimum atomic E-state index is -1.47. The number of imidazole rings is 1. The molecule has 0 amide bonds. The molecule has 1 aliphatic carbocycles. The molecule has 1 atom stereocenters. The van der Waals surface area contributed by atoms with Crippen molar-refractivity contribution in [3.8, 4) is 0 Å². The number of alkyl halides is 1. The second-order valence-electron chi connectivity index (χ2n) is 6.27. The van der Waals surface area contributed by atoms with Crippen LogP contribution in [0.4, 0.5) is 0 Å². The first-order valence-corrected chi connectivity index (χ1v) is 9.03. The fourth-order valence-corrected chi connectivity index (χ4v) is 4.86. The first kappa shape index (κ1) is 16.6. The lowest BCUT2D eigenvalue weighted by atomic mass is 9.76. The highest BCUT2D eigenvalue weighted by molar-refractivity contribution is 14.1. The maximum atomic E-state index is 13.2. The number of aromatic nitrogens is 2. The number of carbonyl (C=O) groups excluding carboxylic acids is 1. The normalized spacial score (nSPS) is 19.4. The van der Waals surface area contributed by atoms with Crippen molar-refractivity contribution in [3.63, 3.8) is 0 Å². The SMILES string of the molecule is Cc1nccn1CC(=O)C(O)(c1ccccc1)C1(I)CCCC1. The average Bonchev–Trinajstić information content (AvgIpc) is 3.17. The van der Waals surface area contributed by atoms with Crippen LogP contribution in [0.15, 0.2) is 42.7 Å². The van der Waals surface area contributed by atoms with Gasteiger partial charge < -0.3 is 9.67 Å². The van der Waals surface area contributed by atoms with E-state index in [1.165, 1.54) is 0 Å². The Morgan fingerprint density at radius 3 is 2.57 bits per heavy atom. The molecule has 5 heteroatoms. The summed E-state index contributed by atoms with van der Waals surface area (Å²) in [5.74, 6) is 0.615. The van der Waals surface area contributed by atoms with Crippen LogP contribution in [0.5, 0.6) is 0 Å². The molecule has 1 heterocycles. The molecule has 1 N–H and O–H groups in total. The van der Waals surface area contributed by atoms with E-state index in [4.69, 9.17) is 0 Å². The number of ketones is 1. The molecular formula is C18H21IN2O2. The number of rotatable bonds is 5. The zero-order chi connectivity index (χ0) is 16.5. The summed E-state index contributed by atoms with van der Waals surface area (Å²) >= 11 is 2.32. The van der Waals surface area contributed by atoms with Gasteiger partial charge in [0, 0.05) is 12.4 Å². The Balaban J connectivity index is 2.02. The summed E-state index contributed by atoms with van der Waals surface area (Å²) in [6.45, 7) is 2.01. The van der Waals surface area contributed by atoms with E-state index in [9.17, 15) is 9.90 Å².